The lowest BCUT2D eigenvalue weighted by Crippen LogP contribution is -1.98. The zero-order valence-corrected chi connectivity index (χ0v) is 7.84. The van der Waals surface area contributed by atoms with Gasteiger partial charge in [-0.25, -0.2) is 0 Å². The summed E-state index contributed by atoms with van der Waals surface area (Å²) in [7, 11) is 0. The highest BCUT2D eigenvalue weighted by Crippen LogP contribution is 1.94. The summed E-state index contributed by atoms with van der Waals surface area (Å²) in [6, 6.07) is 0. The molecule has 2 heteroatoms. The third-order valence-corrected chi connectivity index (χ3v) is 1.27. The van der Waals surface area contributed by atoms with Crippen LogP contribution in [-0.2, 0) is 9.47 Å². The smallest absolute Gasteiger partial charge is 0.0873 e. The van der Waals surface area contributed by atoms with Crippen LogP contribution in [-0.4, -0.2) is 19.8 Å². The summed E-state index contributed by atoms with van der Waals surface area (Å²) in [5.74, 6) is 0. The van der Waals surface area contributed by atoms with E-state index in [1.165, 1.54) is 6.26 Å². The lowest BCUT2D eigenvalue weighted by atomic mass is 10.3. The van der Waals surface area contributed by atoms with Crippen LogP contribution in [0.5, 0.6) is 0 Å². The Labute approximate surface area is 74.9 Å². The lowest BCUT2D eigenvalue weighted by molar-refractivity contribution is 0.142. The molecule has 0 unspecified atom stereocenters. The molecule has 0 saturated heterocycles. The molecule has 0 bridgehead atoms. The molecule has 70 valence electrons. The van der Waals surface area contributed by atoms with E-state index in [0.29, 0.717) is 6.61 Å². The minimum atomic E-state index is 0.669. The summed E-state index contributed by atoms with van der Waals surface area (Å²) in [6.07, 6.45) is 3.51. The van der Waals surface area contributed by atoms with Gasteiger partial charge in [-0.2, -0.15) is 0 Å². The maximum Gasteiger partial charge on any atom is 0.0873 e. The summed E-state index contributed by atoms with van der Waals surface area (Å²) in [6.45, 7) is 11.3. The number of unbranched alkanes of at least 4 members (excludes halogenated alkanes) is 1. The van der Waals surface area contributed by atoms with E-state index in [2.05, 4.69) is 13.2 Å². The average Bonchev–Trinajstić information content (AvgIpc) is 2.02. The van der Waals surface area contributed by atoms with E-state index in [9.17, 15) is 0 Å². The van der Waals surface area contributed by atoms with Crippen molar-refractivity contribution >= 4 is 0 Å². The molecule has 2 nitrogen and oxygen atoms in total. The molecule has 0 atom stereocenters. The van der Waals surface area contributed by atoms with Crippen molar-refractivity contribution < 1.29 is 9.47 Å². The van der Waals surface area contributed by atoms with Crippen LogP contribution < -0.4 is 0 Å². The maximum atomic E-state index is 5.29. The summed E-state index contributed by atoms with van der Waals surface area (Å²) in [5.41, 5.74) is 1.07. The highest BCUT2D eigenvalue weighted by Gasteiger charge is 1.89. The zero-order chi connectivity index (χ0) is 9.23. The molecular weight excluding hydrogens is 152 g/mol. The molecule has 0 aliphatic rings. The van der Waals surface area contributed by atoms with E-state index >= 15 is 0 Å². The first-order valence-corrected chi connectivity index (χ1v) is 4.22. The Hall–Kier alpha value is -0.760. The van der Waals surface area contributed by atoms with E-state index in [-0.39, 0.29) is 0 Å². The van der Waals surface area contributed by atoms with Crippen LogP contribution in [0.2, 0.25) is 0 Å². The Morgan fingerprint density at radius 3 is 2.58 bits per heavy atom. The predicted octanol–water partition coefficient (Wildman–Crippen LogP) is 2.52. The minimum Gasteiger partial charge on any atom is -0.502 e. The quantitative estimate of drug-likeness (QED) is 0.316. The summed E-state index contributed by atoms with van der Waals surface area (Å²) >= 11 is 0. The summed E-state index contributed by atoms with van der Waals surface area (Å²) in [4.78, 5) is 0. The topological polar surface area (TPSA) is 18.5 Å². The van der Waals surface area contributed by atoms with Crippen LogP contribution in [0, 0.1) is 0 Å². The molecule has 0 aliphatic heterocycles. The Morgan fingerprint density at radius 2 is 2.00 bits per heavy atom. The fourth-order valence-electron chi connectivity index (χ4n) is 0.719. The van der Waals surface area contributed by atoms with Crippen LogP contribution in [0.25, 0.3) is 0 Å². The molecule has 0 aromatic carbocycles. The van der Waals surface area contributed by atoms with Crippen molar-refractivity contribution in [3.8, 4) is 0 Å². The third-order valence-electron chi connectivity index (χ3n) is 1.27. The van der Waals surface area contributed by atoms with Gasteiger partial charge in [-0.1, -0.05) is 18.7 Å². The molecule has 0 fully saturated rings. The number of ether oxygens (including phenoxy) is 2. The Balaban J connectivity index is 2.90. The van der Waals surface area contributed by atoms with Crippen molar-refractivity contribution in [1.29, 1.82) is 0 Å². The monoisotopic (exact) mass is 170 g/mol. The van der Waals surface area contributed by atoms with E-state index in [1.54, 1.807) is 0 Å². The first kappa shape index (κ1) is 11.2. The van der Waals surface area contributed by atoms with Crippen molar-refractivity contribution in [2.24, 2.45) is 0 Å². The molecule has 0 radical (unpaired) electrons. The molecule has 0 N–H and O–H groups in total. The van der Waals surface area contributed by atoms with Gasteiger partial charge in [-0.15, -0.1) is 0 Å². The molecule has 0 amide bonds. The van der Waals surface area contributed by atoms with Gasteiger partial charge in [-0.05, 0) is 19.8 Å². The standard InChI is InChI=1S/C10H18O2/c1-4-11-7-5-6-8-12-9-10(2)3/h4H,1-2,5-9H2,3H3. The van der Waals surface area contributed by atoms with Gasteiger partial charge in [-0.3, -0.25) is 0 Å². The van der Waals surface area contributed by atoms with Crippen LogP contribution in [0.15, 0.2) is 25.0 Å². The fraction of sp³-hybridized carbons (Fsp3) is 0.600. The van der Waals surface area contributed by atoms with Gasteiger partial charge in [0.15, 0.2) is 0 Å². The van der Waals surface area contributed by atoms with Gasteiger partial charge in [0, 0.05) is 6.61 Å². The second kappa shape index (κ2) is 8.34. The normalized spacial score (nSPS) is 9.42. The van der Waals surface area contributed by atoms with Gasteiger partial charge in [0.1, 0.15) is 0 Å². The minimum absolute atomic E-state index is 0.669. The molecule has 0 saturated carbocycles. The fourth-order valence-corrected chi connectivity index (χ4v) is 0.719. The van der Waals surface area contributed by atoms with Crippen molar-refractivity contribution in [3.63, 3.8) is 0 Å². The molecule has 0 rings (SSSR count). The lowest BCUT2D eigenvalue weighted by Gasteiger charge is -2.03. The van der Waals surface area contributed by atoms with Gasteiger partial charge < -0.3 is 9.47 Å². The number of rotatable bonds is 8. The molecule has 0 aromatic rings. The largest absolute Gasteiger partial charge is 0.502 e. The van der Waals surface area contributed by atoms with Crippen molar-refractivity contribution in [3.05, 3.63) is 25.0 Å². The van der Waals surface area contributed by atoms with Gasteiger partial charge in [0.2, 0.25) is 0 Å². The average molecular weight is 170 g/mol. The Kier molecular flexibility index (Phi) is 7.81. The van der Waals surface area contributed by atoms with Crippen molar-refractivity contribution in [2.75, 3.05) is 19.8 Å². The van der Waals surface area contributed by atoms with Crippen LogP contribution in [0.3, 0.4) is 0 Å². The maximum absolute atomic E-state index is 5.29. The molecule has 0 aromatic heterocycles. The van der Waals surface area contributed by atoms with Crippen molar-refractivity contribution in [2.45, 2.75) is 19.8 Å². The van der Waals surface area contributed by atoms with Gasteiger partial charge in [0.25, 0.3) is 0 Å². The van der Waals surface area contributed by atoms with Crippen molar-refractivity contribution in [1.82, 2.24) is 0 Å². The molecule has 0 heterocycles. The molecule has 0 aliphatic carbocycles. The van der Waals surface area contributed by atoms with E-state index in [0.717, 1.165) is 31.6 Å². The van der Waals surface area contributed by atoms with E-state index in [4.69, 9.17) is 9.47 Å². The second-order valence-corrected chi connectivity index (χ2v) is 2.75. The Bertz CT molecular complexity index is 130. The first-order valence-electron chi connectivity index (χ1n) is 4.22. The first-order chi connectivity index (χ1) is 5.77. The molecule has 12 heavy (non-hydrogen) atoms. The molecule has 0 spiro atoms. The van der Waals surface area contributed by atoms with E-state index < -0.39 is 0 Å². The number of hydrogen-bond donors (Lipinski definition) is 0. The van der Waals surface area contributed by atoms with Crippen LogP contribution in [0.4, 0.5) is 0 Å². The van der Waals surface area contributed by atoms with E-state index in [1.807, 2.05) is 6.92 Å². The SMILES string of the molecule is C=COCCCCOCC(=C)C. The summed E-state index contributed by atoms with van der Waals surface area (Å²) in [5, 5.41) is 0. The highest BCUT2D eigenvalue weighted by molar-refractivity contribution is 4.87. The van der Waals surface area contributed by atoms with Gasteiger partial charge in [0.05, 0.1) is 19.5 Å². The zero-order valence-electron chi connectivity index (χ0n) is 7.84. The summed E-state index contributed by atoms with van der Waals surface area (Å²) < 4.78 is 10.2. The number of hydrogen-bond acceptors (Lipinski definition) is 2. The third kappa shape index (κ3) is 9.24. The predicted molar refractivity (Wildman–Crippen MR) is 51.0 cm³/mol. The van der Waals surface area contributed by atoms with Crippen LogP contribution in [0.1, 0.15) is 19.8 Å². The van der Waals surface area contributed by atoms with Crippen LogP contribution >= 0.6 is 0 Å². The van der Waals surface area contributed by atoms with Gasteiger partial charge >= 0.3 is 0 Å². The highest BCUT2D eigenvalue weighted by atomic mass is 16.5. The Morgan fingerprint density at radius 1 is 1.33 bits per heavy atom. The second-order valence-electron chi connectivity index (χ2n) is 2.75. The molecular formula is C10H18O2.